The second-order valence-electron chi connectivity index (χ2n) is 4.27. The highest BCUT2D eigenvalue weighted by molar-refractivity contribution is 5.48. The maximum atomic E-state index is 9.19. The normalized spacial score (nSPS) is 19.1. The third kappa shape index (κ3) is 2.00. The Kier molecular flexibility index (Phi) is 3.34. The highest BCUT2D eigenvalue weighted by atomic mass is 16.5. The summed E-state index contributed by atoms with van der Waals surface area (Å²) in [4.78, 5) is 0. The Hall–Kier alpha value is -1.22. The van der Waals surface area contributed by atoms with Crippen LogP contribution in [0.5, 0.6) is 11.5 Å². The zero-order valence-electron chi connectivity index (χ0n) is 9.82. The first-order valence-electron chi connectivity index (χ1n) is 5.63. The summed E-state index contributed by atoms with van der Waals surface area (Å²) in [5.41, 5.74) is 2.60. The van der Waals surface area contributed by atoms with E-state index in [0.717, 1.165) is 30.8 Å². The predicted octanol–water partition coefficient (Wildman–Crippen LogP) is 1.80. The lowest BCUT2D eigenvalue weighted by Crippen LogP contribution is -2.17. The summed E-state index contributed by atoms with van der Waals surface area (Å²) in [6.45, 7) is 0.272. The predicted molar refractivity (Wildman–Crippen MR) is 62.1 cm³/mol. The van der Waals surface area contributed by atoms with Crippen LogP contribution in [0, 0.1) is 5.92 Å². The van der Waals surface area contributed by atoms with Gasteiger partial charge in [0.25, 0.3) is 0 Å². The van der Waals surface area contributed by atoms with Gasteiger partial charge < -0.3 is 14.6 Å². The second kappa shape index (κ2) is 4.74. The number of aryl methyl sites for hydroxylation is 1. The molecule has 0 bridgehead atoms. The molecular formula is C13H18O3. The van der Waals surface area contributed by atoms with Crippen LogP contribution >= 0.6 is 0 Å². The summed E-state index contributed by atoms with van der Waals surface area (Å²) in [6.07, 6.45) is 3.01. The number of rotatable bonds is 3. The maximum Gasteiger partial charge on any atom is 0.161 e. The van der Waals surface area contributed by atoms with Gasteiger partial charge in [0.05, 0.1) is 14.2 Å². The molecule has 88 valence electrons. The van der Waals surface area contributed by atoms with E-state index in [1.54, 1.807) is 14.2 Å². The molecule has 16 heavy (non-hydrogen) atoms. The van der Waals surface area contributed by atoms with Crippen molar-refractivity contribution in [3.05, 3.63) is 23.3 Å². The summed E-state index contributed by atoms with van der Waals surface area (Å²) in [5, 5.41) is 9.19. The number of ether oxygens (including phenoxy) is 2. The van der Waals surface area contributed by atoms with Crippen molar-refractivity contribution in [3.8, 4) is 11.5 Å². The fourth-order valence-electron chi connectivity index (χ4n) is 2.31. The molecule has 1 atom stereocenters. The SMILES string of the molecule is COc1cc2c(cc1OC)CC(CO)CC2. The minimum Gasteiger partial charge on any atom is -0.493 e. The van der Waals surface area contributed by atoms with Crippen molar-refractivity contribution < 1.29 is 14.6 Å². The molecule has 1 N–H and O–H groups in total. The third-order valence-corrected chi connectivity index (χ3v) is 3.29. The first-order chi connectivity index (χ1) is 7.78. The number of benzene rings is 1. The van der Waals surface area contributed by atoms with Gasteiger partial charge in [0.1, 0.15) is 0 Å². The van der Waals surface area contributed by atoms with Crippen molar-refractivity contribution in [2.75, 3.05) is 20.8 Å². The number of fused-ring (bicyclic) bond motifs is 1. The van der Waals surface area contributed by atoms with Gasteiger partial charge in [0, 0.05) is 6.61 Å². The molecule has 0 amide bonds. The third-order valence-electron chi connectivity index (χ3n) is 3.29. The first kappa shape index (κ1) is 11.3. The zero-order valence-corrected chi connectivity index (χ0v) is 9.82. The molecule has 3 heteroatoms. The molecule has 1 aliphatic carbocycles. The number of aliphatic hydroxyl groups is 1. The number of hydrogen-bond acceptors (Lipinski definition) is 3. The molecule has 1 unspecified atom stereocenters. The van der Waals surface area contributed by atoms with Crippen LogP contribution in [0.4, 0.5) is 0 Å². The topological polar surface area (TPSA) is 38.7 Å². The molecule has 0 aromatic heterocycles. The molecule has 0 spiro atoms. The molecule has 0 heterocycles. The quantitative estimate of drug-likeness (QED) is 0.847. The Bertz CT molecular complexity index is 374. The van der Waals surface area contributed by atoms with Gasteiger partial charge in [-0.15, -0.1) is 0 Å². The fourth-order valence-corrected chi connectivity index (χ4v) is 2.31. The van der Waals surface area contributed by atoms with Gasteiger partial charge in [-0.2, -0.15) is 0 Å². The number of methoxy groups -OCH3 is 2. The molecule has 1 aromatic rings. The molecule has 0 radical (unpaired) electrons. The standard InChI is InChI=1S/C13H18O3/c1-15-12-6-10-4-3-9(8-14)5-11(10)7-13(12)16-2/h6-7,9,14H,3-5,8H2,1-2H3. The lowest BCUT2D eigenvalue weighted by molar-refractivity contribution is 0.213. The van der Waals surface area contributed by atoms with Crippen LogP contribution in [0.1, 0.15) is 17.5 Å². The van der Waals surface area contributed by atoms with Gasteiger partial charge in [0.15, 0.2) is 11.5 Å². The largest absolute Gasteiger partial charge is 0.493 e. The van der Waals surface area contributed by atoms with Crippen LogP contribution in [0.2, 0.25) is 0 Å². The first-order valence-corrected chi connectivity index (χ1v) is 5.63. The number of hydrogen-bond donors (Lipinski definition) is 1. The molecule has 0 saturated heterocycles. The average molecular weight is 222 g/mol. The van der Waals surface area contributed by atoms with Crippen LogP contribution in [-0.2, 0) is 12.8 Å². The molecule has 3 nitrogen and oxygen atoms in total. The molecule has 0 fully saturated rings. The van der Waals surface area contributed by atoms with E-state index in [1.165, 1.54) is 11.1 Å². The Balaban J connectivity index is 2.34. The molecule has 0 saturated carbocycles. The lowest BCUT2D eigenvalue weighted by atomic mass is 9.84. The van der Waals surface area contributed by atoms with Gasteiger partial charge in [-0.05, 0) is 48.4 Å². The minimum atomic E-state index is 0.272. The fraction of sp³-hybridized carbons (Fsp3) is 0.538. The van der Waals surface area contributed by atoms with Crippen LogP contribution in [-0.4, -0.2) is 25.9 Å². The van der Waals surface area contributed by atoms with E-state index in [1.807, 2.05) is 6.07 Å². The Morgan fingerprint density at radius 1 is 1.19 bits per heavy atom. The van der Waals surface area contributed by atoms with Gasteiger partial charge in [0.2, 0.25) is 0 Å². The van der Waals surface area contributed by atoms with E-state index in [4.69, 9.17) is 9.47 Å². The van der Waals surface area contributed by atoms with Crippen molar-refractivity contribution in [3.63, 3.8) is 0 Å². The molecule has 2 rings (SSSR count). The highest BCUT2D eigenvalue weighted by Crippen LogP contribution is 2.35. The maximum absolute atomic E-state index is 9.19. The Labute approximate surface area is 96.0 Å². The summed E-state index contributed by atoms with van der Waals surface area (Å²) in [6, 6.07) is 4.09. The average Bonchev–Trinajstić information content (AvgIpc) is 2.36. The summed E-state index contributed by atoms with van der Waals surface area (Å²) < 4.78 is 10.6. The van der Waals surface area contributed by atoms with Crippen LogP contribution in [0.15, 0.2) is 12.1 Å². The molecule has 0 aliphatic heterocycles. The summed E-state index contributed by atoms with van der Waals surface area (Å²) >= 11 is 0. The van der Waals surface area contributed by atoms with Crippen molar-refractivity contribution in [2.45, 2.75) is 19.3 Å². The van der Waals surface area contributed by atoms with Gasteiger partial charge in [-0.25, -0.2) is 0 Å². The minimum absolute atomic E-state index is 0.272. The Morgan fingerprint density at radius 3 is 2.38 bits per heavy atom. The van der Waals surface area contributed by atoms with E-state index >= 15 is 0 Å². The van der Waals surface area contributed by atoms with Gasteiger partial charge in [-0.1, -0.05) is 0 Å². The zero-order chi connectivity index (χ0) is 11.5. The molecule has 1 aliphatic rings. The summed E-state index contributed by atoms with van der Waals surface area (Å²) in [5.74, 6) is 1.97. The van der Waals surface area contributed by atoms with E-state index in [0.29, 0.717) is 5.92 Å². The van der Waals surface area contributed by atoms with E-state index < -0.39 is 0 Å². The van der Waals surface area contributed by atoms with Crippen molar-refractivity contribution in [2.24, 2.45) is 5.92 Å². The monoisotopic (exact) mass is 222 g/mol. The lowest BCUT2D eigenvalue weighted by Gasteiger charge is -2.24. The van der Waals surface area contributed by atoms with Crippen LogP contribution in [0.25, 0.3) is 0 Å². The molecular weight excluding hydrogens is 204 g/mol. The van der Waals surface area contributed by atoms with Gasteiger partial charge >= 0.3 is 0 Å². The van der Waals surface area contributed by atoms with E-state index in [-0.39, 0.29) is 6.61 Å². The van der Waals surface area contributed by atoms with Crippen molar-refractivity contribution in [1.82, 2.24) is 0 Å². The smallest absolute Gasteiger partial charge is 0.161 e. The van der Waals surface area contributed by atoms with Crippen molar-refractivity contribution >= 4 is 0 Å². The molecule has 1 aromatic carbocycles. The van der Waals surface area contributed by atoms with Crippen LogP contribution < -0.4 is 9.47 Å². The number of aliphatic hydroxyl groups excluding tert-OH is 1. The van der Waals surface area contributed by atoms with E-state index in [9.17, 15) is 5.11 Å². The summed E-state index contributed by atoms with van der Waals surface area (Å²) in [7, 11) is 3.31. The second-order valence-corrected chi connectivity index (χ2v) is 4.27. The van der Waals surface area contributed by atoms with Crippen LogP contribution in [0.3, 0.4) is 0 Å². The van der Waals surface area contributed by atoms with E-state index in [2.05, 4.69) is 6.07 Å². The highest BCUT2D eigenvalue weighted by Gasteiger charge is 2.20. The Morgan fingerprint density at radius 2 is 1.81 bits per heavy atom. The van der Waals surface area contributed by atoms with Crippen molar-refractivity contribution in [1.29, 1.82) is 0 Å². The van der Waals surface area contributed by atoms with Gasteiger partial charge in [-0.3, -0.25) is 0 Å².